The topological polar surface area (TPSA) is 145 Å². The number of carboxylic acid groups (broad SMARTS) is 1. The molecule has 9 nitrogen and oxygen atoms in total. The molecule has 9 heteroatoms. The Morgan fingerprint density at radius 2 is 1.97 bits per heavy atom. The molecule has 2 aromatic carbocycles. The van der Waals surface area contributed by atoms with Gasteiger partial charge in [0, 0.05) is 41.0 Å². The van der Waals surface area contributed by atoms with Gasteiger partial charge in [0.25, 0.3) is 5.91 Å². The van der Waals surface area contributed by atoms with Crippen LogP contribution in [-0.4, -0.2) is 34.1 Å². The summed E-state index contributed by atoms with van der Waals surface area (Å²) in [6.45, 7) is 3.26. The fraction of sp³-hybridized carbons (Fsp3) is 0.208. The summed E-state index contributed by atoms with van der Waals surface area (Å²) in [5, 5.41) is 25.2. The van der Waals surface area contributed by atoms with Gasteiger partial charge in [-0.05, 0) is 55.3 Å². The third-order valence-electron chi connectivity index (χ3n) is 5.38. The van der Waals surface area contributed by atoms with Crippen molar-refractivity contribution < 1.29 is 29.0 Å². The van der Waals surface area contributed by atoms with Crippen molar-refractivity contribution >= 4 is 33.7 Å². The van der Waals surface area contributed by atoms with E-state index in [0.717, 1.165) is 16.5 Å². The number of phenols is 1. The first-order chi connectivity index (χ1) is 15.7. The standard InChI is InChI=1S/C24H22N2O7/c1-12-7-22(28)33-21-10-16(4-5-17(12)21)32-13(2)23(29)26-20(24(30)31)8-14-11-25-19-6-3-15(27)9-18(14)19/h3-7,9-11,13,20,25,27H,8H2,1-2H3,(H,26,29)(H,30,31)/p-1/t13-,20+/m0/s1. The summed E-state index contributed by atoms with van der Waals surface area (Å²) < 4.78 is 10.8. The van der Waals surface area contributed by atoms with Gasteiger partial charge in [0.05, 0.1) is 12.0 Å². The Bertz CT molecular complexity index is 1420. The first-order valence-corrected chi connectivity index (χ1v) is 10.2. The fourth-order valence-corrected chi connectivity index (χ4v) is 3.67. The number of carboxylic acids is 1. The van der Waals surface area contributed by atoms with E-state index < -0.39 is 29.6 Å². The lowest BCUT2D eigenvalue weighted by molar-refractivity contribution is -0.308. The summed E-state index contributed by atoms with van der Waals surface area (Å²) in [5.74, 6) is -1.78. The molecule has 0 fully saturated rings. The van der Waals surface area contributed by atoms with Gasteiger partial charge in [-0.1, -0.05) is 0 Å². The minimum absolute atomic E-state index is 0.0424. The summed E-state index contributed by atoms with van der Waals surface area (Å²) in [6.07, 6.45) is 0.537. The average molecular weight is 449 g/mol. The molecule has 2 atom stereocenters. The van der Waals surface area contributed by atoms with Gasteiger partial charge in [-0.25, -0.2) is 4.79 Å². The maximum atomic E-state index is 12.6. The highest BCUT2D eigenvalue weighted by atomic mass is 16.5. The molecule has 4 aromatic rings. The molecule has 0 aliphatic heterocycles. The zero-order valence-corrected chi connectivity index (χ0v) is 17.9. The van der Waals surface area contributed by atoms with Gasteiger partial charge in [0.2, 0.25) is 0 Å². The monoisotopic (exact) mass is 449 g/mol. The zero-order chi connectivity index (χ0) is 23.7. The van der Waals surface area contributed by atoms with Crippen LogP contribution in [0, 0.1) is 6.92 Å². The predicted octanol–water partition coefficient (Wildman–Crippen LogP) is 1.53. The van der Waals surface area contributed by atoms with Gasteiger partial charge in [-0.2, -0.15) is 0 Å². The van der Waals surface area contributed by atoms with E-state index in [1.807, 2.05) is 0 Å². The molecule has 0 saturated heterocycles. The number of fused-ring (bicyclic) bond motifs is 2. The molecule has 0 saturated carbocycles. The van der Waals surface area contributed by atoms with Crippen LogP contribution < -0.4 is 20.8 Å². The van der Waals surface area contributed by atoms with Gasteiger partial charge in [0.15, 0.2) is 6.10 Å². The van der Waals surface area contributed by atoms with Crippen LogP contribution in [0.25, 0.3) is 21.9 Å². The molecule has 0 bridgehead atoms. The molecule has 170 valence electrons. The normalized spacial score (nSPS) is 13.0. The van der Waals surface area contributed by atoms with Crippen molar-refractivity contribution in [3.63, 3.8) is 0 Å². The van der Waals surface area contributed by atoms with Crippen molar-refractivity contribution in [2.75, 3.05) is 0 Å². The van der Waals surface area contributed by atoms with Gasteiger partial charge >= 0.3 is 5.63 Å². The third-order valence-corrected chi connectivity index (χ3v) is 5.38. The number of hydrogen-bond acceptors (Lipinski definition) is 7. The highest BCUT2D eigenvalue weighted by Gasteiger charge is 2.22. The molecular weight excluding hydrogens is 428 g/mol. The second kappa shape index (κ2) is 8.70. The number of amides is 1. The third kappa shape index (κ3) is 4.67. The molecule has 0 unspecified atom stereocenters. The molecule has 2 aromatic heterocycles. The quantitative estimate of drug-likeness (QED) is 0.363. The van der Waals surface area contributed by atoms with Gasteiger partial charge < -0.3 is 34.5 Å². The number of aromatic amines is 1. The van der Waals surface area contributed by atoms with Crippen LogP contribution >= 0.6 is 0 Å². The molecule has 33 heavy (non-hydrogen) atoms. The number of carbonyl (C=O) groups excluding carboxylic acids is 2. The van der Waals surface area contributed by atoms with E-state index in [9.17, 15) is 24.6 Å². The van der Waals surface area contributed by atoms with Crippen LogP contribution in [0.15, 0.2) is 57.9 Å². The Morgan fingerprint density at radius 1 is 1.18 bits per heavy atom. The fourth-order valence-electron chi connectivity index (χ4n) is 3.67. The van der Waals surface area contributed by atoms with Crippen molar-refractivity contribution in [2.24, 2.45) is 0 Å². The summed E-state index contributed by atoms with van der Waals surface area (Å²) in [6, 6.07) is 9.61. The van der Waals surface area contributed by atoms with Crippen LogP contribution in [0.3, 0.4) is 0 Å². The zero-order valence-electron chi connectivity index (χ0n) is 17.9. The molecule has 0 aliphatic carbocycles. The smallest absolute Gasteiger partial charge is 0.336 e. The number of ether oxygens (including phenoxy) is 1. The number of phenolic OH excluding ortho intramolecular Hbond substituents is 1. The van der Waals surface area contributed by atoms with Crippen molar-refractivity contribution in [3.05, 3.63) is 70.2 Å². The van der Waals surface area contributed by atoms with Crippen molar-refractivity contribution in [2.45, 2.75) is 32.4 Å². The summed E-state index contributed by atoms with van der Waals surface area (Å²) in [4.78, 5) is 38.9. The van der Waals surface area contributed by atoms with E-state index in [1.54, 1.807) is 31.3 Å². The Labute approximate surface area is 187 Å². The summed E-state index contributed by atoms with van der Waals surface area (Å²) >= 11 is 0. The minimum Gasteiger partial charge on any atom is -0.548 e. The van der Waals surface area contributed by atoms with E-state index in [2.05, 4.69) is 10.3 Å². The van der Waals surface area contributed by atoms with Gasteiger partial charge in [0.1, 0.15) is 17.1 Å². The van der Waals surface area contributed by atoms with E-state index in [-0.39, 0.29) is 17.9 Å². The van der Waals surface area contributed by atoms with Crippen LogP contribution in [0.5, 0.6) is 11.5 Å². The molecule has 1 amide bonds. The Kier molecular flexibility index (Phi) is 5.78. The molecule has 0 aliphatic rings. The number of aromatic nitrogens is 1. The summed E-state index contributed by atoms with van der Waals surface area (Å²) in [7, 11) is 0. The van der Waals surface area contributed by atoms with Crippen LogP contribution in [0.2, 0.25) is 0 Å². The van der Waals surface area contributed by atoms with Gasteiger partial charge in [-0.15, -0.1) is 0 Å². The number of H-pyrrole nitrogens is 1. The number of benzene rings is 2. The highest BCUT2D eigenvalue weighted by Crippen LogP contribution is 2.25. The van der Waals surface area contributed by atoms with Crippen molar-refractivity contribution in [3.8, 4) is 11.5 Å². The van der Waals surface area contributed by atoms with E-state index in [1.165, 1.54) is 31.2 Å². The first kappa shape index (κ1) is 21.9. The maximum Gasteiger partial charge on any atom is 0.336 e. The largest absolute Gasteiger partial charge is 0.548 e. The molecule has 0 spiro atoms. The second-order valence-electron chi connectivity index (χ2n) is 7.79. The van der Waals surface area contributed by atoms with Crippen molar-refractivity contribution in [1.29, 1.82) is 0 Å². The molecule has 3 N–H and O–H groups in total. The summed E-state index contributed by atoms with van der Waals surface area (Å²) in [5.41, 5.74) is 1.90. The Morgan fingerprint density at radius 3 is 2.73 bits per heavy atom. The van der Waals surface area contributed by atoms with E-state index in [4.69, 9.17) is 9.15 Å². The Balaban J connectivity index is 1.48. The van der Waals surface area contributed by atoms with Crippen LogP contribution in [0.4, 0.5) is 0 Å². The van der Waals surface area contributed by atoms with Gasteiger partial charge in [-0.3, -0.25) is 4.79 Å². The maximum absolute atomic E-state index is 12.6. The number of nitrogens with one attached hydrogen (secondary N) is 2. The lowest BCUT2D eigenvalue weighted by atomic mass is 10.0. The van der Waals surface area contributed by atoms with Crippen LogP contribution in [0.1, 0.15) is 18.1 Å². The van der Waals surface area contributed by atoms with Crippen molar-refractivity contribution in [1.82, 2.24) is 10.3 Å². The molecule has 4 rings (SSSR count). The lowest BCUT2D eigenvalue weighted by Gasteiger charge is -2.22. The number of carbonyl (C=O) groups is 2. The second-order valence-corrected chi connectivity index (χ2v) is 7.79. The Hall–Kier alpha value is -4.27. The van der Waals surface area contributed by atoms with E-state index in [0.29, 0.717) is 16.5 Å². The molecule has 2 heterocycles. The SMILES string of the molecule is Cc1cc(=O)oc2cc(O[C@@H](C)C(=O)N[C@H](Cc3c[nH]c4ccc(O)cc34)C(=O)[O-])ccc12. The average Bonchev–Trinajstić information content (AvgIpc) is 3.14. The van der Waals surface area contributed by atoms with E-state index >= 15 is 0 Å². The number of aliphatic carboxylic acids is 1. The highest BCUT2D eigenvalue weighted by molar-refractivity contribution is 5.88. The first-order valence-electron chi connectivity index (χ1n) is 10.2. The number of aryl methyl sites for hydroxylation is 1. The number of aromatic hydroxyl groups is 1. The minimum atomic E-state index is -1.45. The van der Waals surface area contributed by atoms with Crippen LogP contribution in [-0.2, 0) is 16.0 Å². The lowest BCUT2D eigenvalue weighted by Crippen LogP contribution is -2.52. The number of hydrogen-bond donors (Lipinski definition) is 3. The number of rotatable bonds is 7. The molecular formula is C24H21N2O7-. The predicted molar refractivity (Wildman–Crippen MR) is 118 cm³/mol. The molecule has 0 radical (unpaired) electrons.